The van der Waals surface area contributed by atoms with Gasteiger partial charge in [0, 0.05) is 16.4 Å². The highest BCUT2D eigenvalue weighted by Gasteiger charge is 2.27. The van der Waals surface area contributed by atoms with Crippen LogP contribution in [0.5, 0.6) is 11.5 Å². The maximum absolute atomic E-state index is 5.30. The molecule has 0 atom stereocenters. The molecule has 0 unspecified atom stereocenters. The van der Waals surface area contributed by atoms with Crippen molar-refractivity contribution >= 4 is 56.5 Å². The molecule has 0 aliphatic heterocycles. The van der Waals surface area contributed by atoms with Gasteiger partial charge in [0.25, 0.3) is 0 Å². The van der Waals surface area contributed by atoms with Crippen LogP contribution in [-0.4, -0.2) is 43.4 Å². The molecule has 0 amide bonds. The highest BCUT2D eigenvalue weighted by Crippen LogP contribution is 2.41. The van der Waals surface area contributed by atoms with Gasteiger partial charge in [0.1, 0.15) is 16.3 Å². The molecule has 38 heavy (non-hydrogen) atoms. The minimum Gasteiger partial charge on any atom is -0.497 e. The van der Waals surface area contributed by atoms with Crippen LogP contribution in [0.1, 0.15) is 28.0 Å². The Morgan fingerprint density at radius 3 is 2.00 bits per heavy atom. The molecule has 0 bridgehead atoms. The molecule has 192 valence electrons. The van der Waals surface area contributed by atoms with Gasteiger partial charge in [-0.1, -0.05) is 47.8 Å². The summed E-state index contributed by atoms with van der Waals surface area (Å²) >= 11 is 5.20. The predicted molar refractivity (Wildman–Crippen MR) is 152 cm³/mol. The van der Waals surface area contributed by atoms with Gasteiger partial charge in [-0.15, -0.1) is 31.7 Å². The number of hydrogen-bond donors (Lipinski definition) is 0. The summed E-state index contributed by atoms with van der Waals surface area (Å²) in [6.07, 6.45) is 3.38. The van der Waals surface area contributed by atoms with E-state index in [4.69, 9.17) is 9.47 Å². The smallest absolute Gasteiger partial charge is 0.245 e. The lowest BCUT2D eigenvalue weighted by atomic mass is 10.2. The van der Waals surface area contributed by atoms with Crippen LogP contribution < -0.4 is 9.47 Å². The monoisotopic (exact) mass is 560 g/mol. The molecular formula is C27H24N6O2S3. The predicted octanol–water partition coefficient (Wildman–Crippen LogP) is 6.08. The van der Waals surface area contributed by atoms with Gasteiger partial charge in [0.2, 0.25) is 5.78 Å². The molecule has 1 aliphatic rings. The molecule has 4 aromatic heterocycles. The molecule has 0 fully saturated rings. The Kier molecular flexibility index (Phi) is 6.13. The fourth-order valence-corrected chi connectivity index (χ4v) is 8.11. The van der Waals surface area contributed by atoms with Crippen LogP contribution in [0.2, 0.25) is 0 Å². The summed E-state index contributed by atoms with van der Waals surface area (Å²) in [4.78, 5) is 2.61. The quantitative estimate of drug-likeness (QED) is 0.207. The van der Waals surface area contributed by atoms with E-state index < -0.39 is 0 Å². The van der Waals surface area contributed by atoms with E-state index in [1.54, 1.807) is 37.7 Å². The maximum atomic E-state index is 5.30. The second-order valence-corrected chi connectivity index (χ2v) is 12.0. The van der Waals surface area contributed by atoms with Crippen LogP contribution in [-0.2, 0) is 24.3 Å². The van der Waals surface area contributed by atoms with Gasteiger partial charge in [-0.05, 0) is 60.2 Å². The number of rotatable bonds is 8. The van der Waals surface area contributed by atoms with Crippen molar-refractivity contribution in [3.8, 4) is 11.5 Å². The molecule has 0 N–H and O–H groups in total. The summed E-state index contributed by atoms with van der Waals surface area (Å²) in [6.45, 7) is 0. The largest absolute Gasteiger partial charge is 0.497 e. The maximum Gasteiger partial charge on any atom is 0.245 e. The molecule has 0 radical (unpaired) electrons. The lowest BCUT2D eigenvalue weighted by molar-refractivity contribution is 0.414. The molecule has 0 saturated carbocycles. The first-order valence-corrected chi connectivity index (χ1v) is 15.1. The van der Waals surface area contributed by atoms with Crippen LogP contribution in [0, 0.1) is 0 Å². The Balaban J connectivity index is 1.30. The highest BCUT2D eigenvalue weighted by molar-refractivity contribution is 7.98. The van der Waals surface area contributed by atoms with Gasteiger partial charge in [0.05, 0.1) is 19.6 Å². The zero-order valence-electron chi connectivity index (χ0n) is 20.9. The zero-order chi connectivity index (χ0) is 25.6. The van der Waals surface area contributed by atoms with Crippen LogP contribution >= 0.6 is 34.9 Å². The highest BCUT2D eigenvalue weighted by atomic mass is 32.2. The average Bonchev–Trinajstić information content (AvgIpc) is 3.74. The molecule has 0 saturated heterocycles. The third-order valence-corrected chi connectivity index (χ3v) is 10.1. The van der Waals surface area contributed by atoms with E-state index >= 15 is 0 Å². The summed E-state index contributed by atoms with van der Waals surface area (Å²) in [5.74, 6) is 4.02. The van der Waals surface area contributed by atoms with Crippen LogP contribution in [0.4, 0.5) is 0 Å². The van der Waals surface area contributed by atoms with Gasteiger partial charge in [-0.2, -0.15) is 0 Å². The summed E-state index contributed by atoms with van der Waals surface area (Å²) in [6, 6.07) is 16.3. The Morgan fingerprint density at radius 2 is 1.37 bits per heavy atom. The number of fused-ring (bicyclic) bond motifs is 8. The minimum atomic E-state index is 0.756. The van der Waals surface area contributed by atoms with E-state index in [1.807, 2.05) is 35.6 Å². The SMILES string of the molecule is COc1ccc(CSc2nnc3c4c5c(sc4n4c(SCc6ccc(OC)cc6)nnc4n23)CCC5)cc1. The van der Waals surface area contributed by atoms with E-state index in [0.29, 0.717) is 0 Å². The minimum absolute atomic E-state index is 0.756. The summed E-state index contributed by atoms with van der Waals surface area (Å²) < 4.78 is 14.9. The standard InChI is InChI=1S/C27H24N6O2S3/c1-34-18-10-6-16(7-11-18)14-36-26-30-28-23-22-20-4-3-5-21(20)38-24(22)33-25(32(23)26)29-31-27(33)37-15-17-8-12-19(35-2)13-9-17/h6-13H,3-5,14-15H2,1-2H3. The molecule has 2 aromatic carbocycles. The number of thiophene rings is 1. The lowest BCUT2D eigenvalue weighted by Crippen LogP contribution is -2.00. The number of benzene rings is 2. The van der Waals surface area contributed by atoms with Gasteiger partial charge in [0.15, 0.2) is 16.0 Å². The number of aryl methyl sites for hydroxylation is 2. The summed E-state index contributed by atoms with van der Waals surface area (Å²) in [5.41, 5.74) is 4.69. The fourth-order valence-electron chi connectivity index (χ4n) is 4.90. The number of nitrogens with zero attached hydrogens (tertiary/aromatic N) is 6. The zero-order valence-corrected chi connectivity index (χ0v) is 23.3. The number of methoxy groups -OCH3 is 2. The van der Waals surface area contributed by atoms with E-state index in [0.717, 1.165) is 57.6 Å². The lowest BCUT2D eigenvalue weighted by Gasteiger charge is -2.07. The molecule has 0 spiro atoms. The van der Waals surface area contributed by atoms with Crippen molar-refractivity contribution in [3.63, 3.8) is 0 Å². The second-order valence-electron chi connectivity index (χ2n) is 9.07. The second kappa shape index (κ2) is 9.79. The third-order valence-electron chi connectivity index (χ3n) is 6.83. The molecule has 6 aromatic rings. The van der Waals surface area contributed by atoms with Gasteiger partial charge in [-0.3, -0.25) is 0 Å². The molecule has 1 aliphatic carbocycles. The van der Waals surface area contributed by atoms with E-state index in [2.05, 4.69) is 53.5 Å². The van der Waals surface area contributed by atoms with E-state index in [9.17, 15) is 0 Å². The number of ether oxygens (including phenoxy) is 2. The van der Waals surface area contributed by atoms with Crippen molar-refractivity contribution in [2.45, 2.75) is 41.1 Å². The number of thioether (sulfide) groups is 2. The van der Waals surface area contributed by atoms with Crippen molar-refractivity contribution < 1.29 is 9.47 Å². The number of hydrogen-bond acceptors (Lipinski definition) is 9. The van der Waals surface area contributed by atoms with Crippen LogP contribution in [0.15, 0.2) is 58.8 Å². The van der Waals surface area contributed by atoms with Gasteiger partial charge in [-0.25, -0.2) is 8.80 Å². The molecular weight excluding hydrogens is 537 g/mol. The summed E-state index contributed by atoms with van der Waals surface area (Å²) in [7, 11) is 3.37. The Labute approximate surface area is 231 Å². The average molecular weight is 561 g/mol. The first-order chi connectivity index (χ1) is 18.7. The summed E-state index contributed by atoms with van der Waals surface area (Å²) in [5, 5.41) is 21.5. The van der Waals surface area contributed by atoms with E-state index in [-0.39, 0.29) is 0 Å². The van der Waals surface area contributed by atoms with Gasteiger partial charge < -0.3 is 9.47 Å². The topological polar surface area (TPSA) is 78.8 Å². The Morgan fingerprint density at radius 1 is 0.763 bits per heavy atom. The Hall–Kier alpha value is -3.28. The van der Waals surface area contributed by atoms with Crippen molar-refractivity contribution in [2.75, 3.05) is 14.2 Å². The normalized spacial score (nSPS) is 13.1. The Bertz CT molecular complexity index is 1770. The molecule has 8 nitrogen and oxygen atoms in total. The van der Waals surface area contributed by atoms with E-state index in [1.165, 1.54) is 38.2 Å². The van der Waals surface area contributed by atoms with Crippen LogP contribution in [0.3, 0.4) is 0 Å². The fraction of sp³-hybridized carbons (Fsp3) is 0.259. The first kappa shape index (κ1) is 23.8. The van der Waals surface area contributed by atoms with Crippen molar-refractivity contribution in [2.24, 2.45) is 0 Å². The van der Waals surface area contributed by atoms with Crippen molar-refractivity contribution in [1.29, 1.82) is 0 Å². The third kappa shape index (κ3) is 4.00. The van der Waals surface area contributed by atoms with Crippen LogP contribution in [0.25, 0.3) is 21.6 Å². The first-order valence-electron chi connectivity index (χ1n) is 12.3. The molecule has 7 rings (SSSR count). The van der Waals surface area contributed by atoms with Crippen molar-refractivity contribution in [3.05, 3.63) is 70.1 Å². The van der Waals surface area contributed by atoms with Gasteiger partial charge >= 0.3 is 0 Å². The molecule has 4 heterocycles. The molecule has 11 heteroatoms. The number of aromatic nitrogens is 6. The van der Waals surface area contributed by atoms with Crippen molar-refractivity contribution in [1.82, 2.24) is 29.2 Å².